The summed E-state index contributed by atoms with van der Waals surface area (Å²) in [5.74, 6) is -0.341. The highest BCUT2D eigenvalue weighted by Crippen LogP contribution is 2.26. The SMILES string of the molecule is Cc1cn2cc(NCc3ccc(Br)c4cn(C)nc34)cc(F)c2n1. The number of hydrogen-bond donors (Lipinski definition) is 1. The first-order valence-electron chi connectivity index (χ1n) is 7.51. The number of rotatable bonds is 3. The molecule has 0 fully saturated rings. The molecule has 0 aliphatic rings. The molecule has 1 aromatic carbocycles. The smallest absolute Gasteiger partial charge is 0.173 e. The van der Waals surface area contributed by atoms with Gasteiger partial charge in [0.2, 0.25) is 0 Å². The Balaban J connectivity index is 1.67. The molecule has 4 rings (SSSR count). The number of hydrogen-bond acceptors (Lipinski definition) is 3. The number of benzene rings is 1. The summed E-state index contributed by atoms with van der Waals surface area (Å²) >= 11 is 3.55. The third-order valence-electron chi connectivity index (χ3n) is 3.93. The van der Waals surface area contributed by atoms with Crippen LogP contribution in [0.25, 0.3) is 16.6 Å². The molecule has 0 amide bonds. The summed E-state index contributed by atoms with van der Waals surface area (Å²) in [6.45, 7) is 2.40. The van der Waals surface area contributed by atoms with Crippen molar-refractivity contribution < 1.29 is 4.39 Å². The normalized spacial score (nSPS) is 11.5. The first-order chi connectivity index (χ1) is 11.5. The van der Waals surface area contributed by atoms with Crippen molar-refractivity contribution in [3.8, 4) is 0 Å². The zero-order valence-electron chi connectivity index (χ0n) is 13.2. The lowest BCUT2D eigenvalue weighted by Gasteiger charge is -2.09. The molecule has 7 heteroatoms. The zero-order valence-corrected chi connectivity index (χ0v) is 14.8. The predicted octanol–water partition coefficient (Wildman–Crippen LogP) is 4.04. The van der Waals surface area contributed by atoms with Gasteiger partial charge < -0.3 is 9.72 Å². The van der Waals surface area contributed by atoms with Crippen LogP contribution in [0.2, 0.25) is 0 Å². The van der Waals surface area contributed by atoms with Crippen LogP contribution in [-0.2, 0) is 13.6 Å². The molecule has 4 aromatic rings. The molecule has 3 heterocycles. The number of imidazole rings is 1. The first kappa shape index (κ1) is 15.1. The lowest BCUT2D eigenvalue weighted by Crippen LogP contribution is -2.02. The van der Waals surface area contributed by atoms with Gasteiger partial charge in [-0.05, 0) is 18.6 Å². The average molecular weight is 388 g/mol. The highest BCUT2D eigenvalue weighted by Gasteiger charge is 2.10. The van der Waals surface area contributed by atoms with Gasteiger partial charge in [0.05, 0.1) is 16.9 Å². The molecule has 0 bridgehead atoms. The zero-order chi connectivity index (χ0) is 16.8. The van der Waals surface area contributed by atoms with Crippen LogP contribution in [0.4, 0.5) is 10.1 Å². The largest absolute Gasteiger partial charge is 0.380 e. The van der Waals surface area contributed by atoms with Crippen molar-refractivity contribution in [2.24, 2.45) is 7.05 Å². The van der Waals surface area contributed by atoms with E-state index in [1.54, 1.807) is 15.3 Å². The summed E-state index contributed by atoms with van der Waals surface area (Å²) < 4.78 is 18.6. The molecule has 1 N–H and O–H groups in total. The standard InChI is InChI=1S/C17H15BrFN5/c1-10-7-24-8-12(5-15(19)17(24)21-10)20-6-11-3-4-14(18)13-9-23(2)22-16(11)13/h3-5,7-9,20H,6H2,1-2H3. The lowest BCUT2D eigenvalue weighted by atomic mass is 10.1. The second-order valence-electron chi connectivity index (χ2n) is 5.81. The van der Waals surface area contributed by atoms with Crippen molar-refractivity contribution in [2.45, 2.75) is 13.5 Å². The van der Waals surface area contributed by atoms with E-state index in [0.717, 1.165) is 26.6 Å². The molecule has 0 radical (unpaired) electrons. The molecule has 3 aromatic heterocycles. The summed E-state index contributed by atoms with van der Waals surface area (Å²) in [6.07, 6.45) is 5.62. The second kappa shape index (κ2) is 5.59. The molecule has 0 atom stereocenters. The van der Waals surface area contributed by atoms with Gasteiger partial charge >= 0.3 is 0 Å². The highest BCUT2D eigenvalue weighted by molar-refractivity contribution is 9.10. The minimum absolute atomic E-state index is 0.341. The monoisotopic (exact) mass is 387 g/mol. The quantitative estimate of drug-likeness (QED) is 0.576. The van der Waals surface area contributed by atoms with E-state index in [9.17, 15) is 4.39 Å². The van der Waals surface area contributed by atoms with E-state index < -0.39 is 0 Å². The van der Waals surface area contributed by atoms with Gasteiger partial charge in [0.25, 0.3) is 0 Å². The van der Waals surface area contributed by atoms with E-state index in [2.05, 4.69) is 31.3 Å². The van der Waals surface area contributed by atoms with Crippen LogP contribution in [0.1, 0.15) is 11.3 Å². The van der Waals surface area contributed by atoms with Crippen molar-refractivity contribution in [1.82, 2.24) is 19.2 Å². The van der Waals surface area contributed by atoms with E-state index in [0.29, 0.717) is 17.9 Å². The summed E-state index contributed by atoms with van der Waals surface area (Å²) in [6, 6.07) is 5.49. The fourth-order valence-electron chi connectivity index (χ4n) is 2.86. The van der Waals surface area contributed by atoms with E-state index in [1.165, 1.54) is 6.07 Å². The maximum atomic E-state index is 14.1. The van der Waals surface area contributed by atoms with Crippen molar-refractivity contribution >= 4 is 38.2 Å². The Morgan fingerprint density at radius 3 is 2.92 bits per heavy atom. The summed E-state index contributed by atoms with van der Waals surface area (Å²) in [4.78, 5) is 4.17. The van der Waals surface area contributed by atoms with Gasteiger partial charge in [0.15, 0.2) is 11.5 Å². The predicted molar refractivity (Wildman–Crippen MR) is 95.6 cm³/mol. The van der Waals surface area contributed by atoms with Crippen molar-refractivity contribution in [3.05, 3.63) is 58.3 Å². The first-order valence-corrected chi connectivity index (χ1v) is 8.30. The van der Waals surface area contributed by atoms with Gasteiger partial charge in [0, 0.05) is 48.1 Å². The molecule has 24 heavy (non-hydrogen) atoms. The van der Waals surface area contributed by atoms with Crippen molar-refractivity contribution in [1.29, 1.82) is 0 Å². The molecule has 0 aliphatic heterocycles. The molecule has 122 valence electrons. The third-order valence-corrected chi connectivity index (χ3v) is 4.62. The Labute approximate surface area is 146 Å². The van der Waals surface area contributed by atoms with Crippen LogP contribution in [0.15, 0.2) is 41.3 Å². The number of nitrogens with one attached hydrogen (secondary N) is 1. The number of pyridine rings is 1. The third kappa shape index (κ3) is 2.54. The molecule has 0 aliphatic carbocycles. The van der Waals surface area contributed by atoms with Crippen molar-refractivity contribution in [2.75, 3.05) is 5.32 Å². The maximum absolute atomic E-state index is 14.1. The fourth-order valence-corrected chi connectivity index (χ4v) is 3.28. The van der Waals surface area contributed by atoms with E-state index >= 15 is 0 Å². The van der Waals surface area contributed by atoms with E-state index in [-0.39, 0.29) is 5.82 Å². The highest BCUT2D eigenvalue weighted by atomic mass is 79.9. The fraction of sp³-hybridized carbons (Fsp3) is 0.176. The molecular formula is C17H15BrFN5. The number of halogens is 2. The minimum Gasteiger partial charge on any atom is -0.380 e. The number of aromatic nitrogens is 4. The van der Waals surface area contributed by atoms with Gasteiger partial charge in [-0.25, -0.2) is 9.37 Å². The molecule has 0 saturated carbocycles. The Bertz CT molecular complexity index is 1070. The molecule has 0 saturated heterocycles. The number of nitrogens with zero attached hydrogens (tertiary/aromatic N) is 4. The van der Waals surface area contributed by atoms with Gasteiger partial charge in [-0.15, -0.1) is 0 Å². The molecule has 5 nitrogen and oxygen atoms in total. The van der Waals surface area contributed by atoms with Crippen molar-refractivity contribution in [3.63, 3.8) is 0 Å². The lowest BCUT2D eigenvalue weighted by molar-refractivity contribution is 0.630. The summed E-state index contributed by atoms with van der Waals surface area (Å²) in [5, 5.41) is 8.84. The second-order valence-corrected chi connectivity index (χ2v) is 6.67. The van der Waals surface area contributed by atoms with Crippen LogP contribution >= 0.6 is 15.9 Å². The Morgan fingerprint density at radius 1 is 1.25 bits per heavy atom. The average Bonchev–Trinajstić information content (AvgIpc) is 3.09. The Morgan fingerprint density at radius 2 is 2.08 bits per heavy atom. The summed E-state index contributed by atoms with van der Waals surface area (Å²) in [7, 11) is 1.90. The minimum atomic E-state index is -0.341. The Hall–Kier alpha value is -2.41. The van der Waals surface area contributed by atoms with Crippen LogP contribution in [0, 0.1) is 12.7 Å². The van der Waals surface area contributed by atoms with Crippen LogP contribution in [-0.4, -0.2) is 19.2 Å². The molecule has 0 unspecified atom stereocenters. The number of fused-ring (bicyclic) bond motifs is 2. The van der Waals surface area contributed by atoms with E-state index in [1.807, 2.05) is 38.5 Å². The Kier molecular flexibility index (Phi) is 3.53. The molecule has 0 spiro atoms. The van der Waals surface area contributed by atoms with Gasteiger partial charge in [-0.3, -0.25) is 4.68 Å². The topological polar surface area (TPSA) is 47.1 Å². The van der Waals surface area contributed by atoms with Gasteiger partial charge in [-0.2, -0.15) is 5.10 Å². The molecular weight excluding hydrogens is 373 g/mol. The van der Waals surface area contributed by atoms with Crippen LogP contribution < -0.4 is 5.32 Å². The van der Waals surface area contributed by atoms with Gasteiger partial charge in [0.1, 0.15) is 0 Å². The summed E-state index contributed by atoms with van der Waals surface area (Å²) in [5.41, 5.74) is 3.81. The van der Waals surface area contributed by atoms with Crippen LogP contribution in [0.3, 0.4) is 0 Å². The van der Waals surface area contributed by atoms with E-state index in [4.69, 9.17) is 0 Å². The number of aryl methyl sites for hydroxylation is 2. The van der Waals surface area contributed by atoms with Crippen LogP contribution in [0.5, 0.6) is 0 Å². The maximum Gasteiger partial charge on any atom is 0.173 e. The number of anilines is 1. The van der Waals surface area contributed by atoms with Gasteiger partial charge in [-0.1, -0.05) is 22.0 Å².